The molecule has 3 aromatic rings. The van der Waals surface area contributed by atoms with E-state index < -0.39 is 10.0 Å². The van der Waals surface area contributed by atoms with Gasteiger partial charge in [-0.1, -0.05) is 29.5 Å². The van der Waals surface area contributed by atoms with E-state index in [0.29, 0.717) is 23.3 Å². The van der Waals surface area contributed by atoms with Crippen LogP contribution in [0.15, 0.2) is 52.2 Å². The minimum Gasteiger partial charge on any atom is -0.343 e. The number of fused-ring (bicyclic) bond motifs is 2. The summed E-state index contributed by atoms with van der Waals surface area (Å²) >= 11 is 1.02. The van der Waals surface area contributed by atoms with Gasteiger partial charge in [0.2, 0.25) is 5.91 Å². The minimum absolute atomic E-state index is 0.0664. The van der Waals surface area contributed by atoms with Gasteiger partial charge in [-0.05, 0) is 55.5 Å². The van der Waals surface area contributed by atoms with Crippen LogP contribution in [-0.4, -0.2) is 43.4 Å². The average molecular weight is 472 g/mol. The molecule has 9 heteroatoms. The summed E-state index contributed by atoms with van der Waals surface area (Å²) in [4.78, 5) is 26.8. The molecule has 0 saturated carbocycles. The van der Waals surface area contributed by atoms with Crippen molar-refractivity contribution >= 4 is 43.2 Å². The van der Waals surface area contributed by atoms with Gasteiger partial charge in [-0.15, -0.1) is 0 Å². The van der Waals surface area contributed by atoms with Crippen molar-refractivity contribution in [1.82, 2.24) is 9.47 Å². The Labute approximate surface area is 190 Å². The second-order valence-electron chi connectivity index (χ2n) is 8.30. The second kappa shape index (κ2) is 8.37. The summed E-state index contributed by atoms with van der Waals surface area (Å²) in [5, 5.41) is 0. The largest absolute Gasteiger partial charge is 0.343 e. The van der Waals surface area contributed by atoms with Crippen LogP contribution in [0.1, 0.15) is 31.2 Å². The van der Waals surface area contributed by atoms with Crippen LogP contribution in [0, 0.1) is 0 Å². The van der Waals surface area contributed by atoms with Crippen LogP contribution in [0.3, 0.4) is 0 Å². The normalized spacial score (nSPS) is 16.5. The highest BCUT2D eigenvalue weighted by atomic mass is 32.2. The van der Waals surface area contributed by atoms with Crippen LogP contribution in [-0.2, 0) is 27.8 Å². The topological polar surface area (TPSA) is 79.7 Å². The van der Waals surface area contributed by atoms with Crippen LogP contribution >= 0.6 is 11.3 Å². The SMILES string of the molecule is O=C(CCn1c(=O)sc2cc(S(=O)(=O)N3CCCc4ccccc43)ccc21)N1CCCC1. The fourth-order valence-electron chi connectivity index (χ4n) is 4.63. The Hall–Kier alpha value is -2.65. The number of aryl methyl sites for hydroxylation is 2. The third-order valence-electron chi connectivity index (χ3n) is 6.30. The van der Waals surface area contributed by atoms with Crippen molar-refractivity contribution in [2.24, 2.45) is 0 Å². The smallest absolute Gasteiger partial charge is 0.308 e. The van der Waals surface area contributed by atoms with E-state index in [1.165, 1.54) is 4.31 Å². The summed E-state index contributed by atoms with van der Waals surface area (Å²) in [6.45, 7) is 2.32. The van der Waals surface area contributed by atoms with Crippen LogP contribution in [0.4, 0.5) is 5.69 Å². The summed E-state index contributed by atoms with van der Waals surface area (Å²) in [5.74, 6) is 0.0664. The zero-order chi connectivity index (χ0) is 22.3. The maximum Gasteiger partial charge on any atom is 0.308 e. The molecule has 0 aliphatic carbocycles. The van der Waals surface area contributed by atoms with E-state index in [1.807, 2.05) is 29.2 Å². The number of sulfonamides is 1. The van der Waals surface area contributed by atoms with Crippen molar-refractivity contribution < 1.29 is 13.2 Å². The van der Waals surface area contributed by atoms with Gasteiger partial charge in [0, 0.05) is 32.6 Å². The number of carbonyl (C=O) groups is 1. The fraction of sp³-hybridized carbons (Fsp3) is 0.391. The Bertz CT molecular complexity index is 1340. The van der Waals surface area contributed by atoms with Gasteiger partial charge in [0.05, 0.1) is 20.8 Å². The maximum atomic E-state index is 13.4. The molecule has 3 heterocycles. The number of nitrogens with zero attached hydrogens (tertiary/aromatic N) is 3. The first-order valence-electron chi connectivity index (χ1n) is 11.0. The Morgan fingerprint density at radius 1 is 1.00 bits per heavy atom. The summed E-state index contributed by atoms with van der Waals surface area (Å²) in [6, 6.07) is 12.4. The summed E-state index contributed by atoms with van der Waals surface area (Å²) in [5.41, 5.74) is 2.43. The number of benzene rings is 2. The molecular formula is C23H25N3O4S2. The van der Waals surface area contributed by atoms with E-state index in [-0.39, 0.29) is 22.1 Å². The van der Waals surface area contributed by atoms with Gasteiger partial charge in [-0.25, -0.2) is 8.42 Å². The van der Waals surface area contributed by atoms with E-state index in [9.17, 15) is 18.0 Å². The fourth-order valence-corrected chi connectivity index (χ4v) is 7.23. The predicted octanol–water partition coefficient (Wildman–Crippen LogP) is 3.22. The highest BCUT2D eigenvalue weighted by molar-refractivity contribution is 7.92. The van der Waals surface area contributed by atoms with Gasteiger partial charge >= 0.3 is 4.87 Å². The van der Waals surface area contributed by atoms with Crippen molar-refractivity contribution in [2.45, 2.75) is 43.5 Å². The molecule has 0 spiro atoms. The molecule has 5 rings (SSSR count). The van der Waals surface area contributed by atoms with E-state index in [2.05, 4.69) is 0 Å². The van der Waals surface area contributed by atoms with Crippen molar-refractivity contribution in [3.05, 3.63) is 57.7 Å². The molecule has 1 saturated heterocycles. The Kier molecular flexibility index (Phi) is 5.54. The van der Waals surface area contributed by atoms with Crippen LogP contribution in [0.5, 0.6) is 0 Å². The molecule has 2 aliphatic rings. The number of hydrogen-bond acceptors (Lipinski definition) is 5. The standard InChI is InChI=1S/C23H25N3O4S2/c27-22(24-12-3-4-13-24)11-15-25-20-10-9-18(16-21(20)31-23(25)28)32(29,30)26-14-5-7-17-6-1-2-8-19(17)26/h1-2,6,8-10,16H,3-5,7,11-15H2. The van der Waals surface area contributed by atoms with Gasteiger partial charge in [0.1, 0.15) is 0 Å². The lowest BCUT2D eigenvalue weighted by Crippen LogP contribution is -2.35. The zero-order valence-electron chi connectivity index (χ0n) is 17.7. The first-order valence-corrected chi connectivity index (χ1v) is 13.2. The lowest BCUT2D eigenvalue weighted by molar-refractivity contribution is -0.130. The second-order valence-corrected chi connectivity index (χ2v) is 11.2. The Morgan fingerprint density at radius 2 is 1.78 bits per heavy atom. The molecule has 0 atom stereocenters. The van der Waals surface area contributed by atoms with Crippen molar-refractivity contribution in [2.75, 3.05) is 23.9 Å². The van der Waals surface area contributed by atoms with E-state index in [4.69, 9.17) is 0 Å². The molecule has 0 N–H and O–H groups in total. The number of carbonyl (C=O) groups excluding carboxylic acids is 1. The first-order chi connectivity index (χ1) is 15.4. The number of rotatable bonds is 5. The molecule has 0 radical (unpaired) electrons. The number of amides is 1. The number of anilines is 1. The molecule has 32 heavy (non-hydrogen) atoms. The van der Waals surface area contributed by atoms with Gasteiger partial charge in [-0.2, -0.15) is 0 Å². The van der Waals surface area contributed by atoms with Crippen LogP contribution < -0.4 is 9.18 Å². The maximum absolute atomic E-state index is 13.4. The minimum atomic E-state index is -3.74. The lowest BCUT2D eigenvalue weighted by Gasteiger charge is -2.30. The van der Waals surface area contributed by atoms with Crippen molar-refractivity contribution in [3.8, 4) is 0 Å². The zero-order valence-corrected chi connectivity index (χ0v) is 19.3. The van der Waals surface area contributed by atoms with Gasteiger partial charge in [0.25, 0.3) is 10.0 Å². The monoisotopic (exact) mass is 471 g/mol. The first kappa shape index (κ1) is 21.2. The Balaban J connectivity index is 1.43. The van der Waals surface area contributed by atoms with E-state index >= 15 is 0 Å². The molecule has 1 amide bonds. The number of aromatic nitrogens is 1. The van der Waals surface area contributed by atoms with Crippen LogP contribution in [0.25, 0.3) is 10.2 Å². The number of thiazole rings is 1. The predicted molar refractivity (Wildman–Crippen MR) is 126 cm³/mol. The summed E-state index contributed by atoms with van der Waals surface area (Å²) in [7, 11) is -3.74. The molecular weight excluding hydrogens is 446 g/mol. The van der Waals surface area contributed by atoms with E-state index in [0.717, 1.165) is 61.4 Å². The van der Waals surface area contributed by atoms with Gasteiger partial charge in [0.15, 0.2) is 0 Å². The quantitative estimate of drug-likeness (QED) is 0.572. The third kappa shape index (κ3) is 3.73. The number of hydrogen-bond donors (Lipinski definition) is 0. The van der Waals surface area contributed by atoms with Crippen molar-refractivity contribution in [1.29, 1.82) is 0 Å². The molecule has 2 aliphatic heterocycles. The molecule has 168 valence electrons. The molecule has 1 fully saturated rings. The van der Waals surface area contributed by atoms with Crippen molar-refractivity contribution in [3.63, 3.8) is 0 Å². The Morgan fingerprint density at radius 3 is 2.59 bits per heavy atom. The van der Waals surface area contributed by atoms with Gasteiger partial charge < -0.3 is 4.90 Å². The molecule has 2 aromatic carbocycles. The van der Waals surface area contributed by atoms with E-state index in [1.54, 1.807) is 22.8 Å². The van der Waals surface area contributed by atoms with Gasteiger partial charge in [-0.3, -0.25) is 18.5 Å². The highest BCUT2D eigenvalue weighted by Gasteiger charge is 2.29. The number of para-hydroxylation sites is 1. The number of likely N-dealkylation sites (tertiary alicyclic amines) is 1. The lowest BCUT2D eigenvalue weighted by atomic mass is 10.0. The average Bonchev–Trinajstić information content (AvgIpc) is 3.44. The molecule has 0 bridgehead atoms. The molecule has 0 unspecified atom stereocenters. The highest BCUT2D eigenvalue weighted by Crippen LogP contribution is 2.33. The van der Waals surface area contributed by atoms with Crippen LogP contribution in [0.2, 0.25) is 0 Å². The summed E-state index contributed by atoms with van der Waals surface area (Å²) < 4.78 is 30.6. The molecule has 1 aromatic heterocycles. The molecule has 7 nitrogen and oxygen atoms in total. The third-order valence-corrected chi connectivity index (χ3v) is 9.05. The summed E-state index contributed by atoms with van der Waals surface area (Å²) in [6.07, 6.45) is 3.98.